The zero-order chi connectivity index (χ0) is 12.1. The average Bonchev–Trinajstić information content (AvgIpc) is 2.23. The van der Waals surface area contributed by atoms with Gasteiger partial charge in [0.05, 0.1) is 0 Å². The Morgan fingerprint density at radius 1 is 1.35 bits per heavy atom. The van der Waals surface area contributed by atoms with E-state index in [2.05, 4.69) is 0 Å². The van der Waals surface area contributed by atoms with Crippen LogP contribution in [0.1, 0.15) is 36.4 Å². The zero-order valence-corrected chi connectivity index (χ0v) is 11.5. The fraction of sp³-hybridized carbons (Fsp3) is 0.500. The number of aromatic hydroxyl groups is 1. The fourth-order valence-electron chi connectivity index (χ4n) is 1.71. The molecule has 1 aromatic rings. The molecular formula is C12H20Cl2N2O. The van der Waals surface area contributed by atoms with Crippen LogP contribution in [-0.4, -0.2) is 11.7 Å². The Balaban J connectivity index is 0.00000256. The summed E-state index contributed by atoms with van der Waals surface area (Å²) in [5.74, 6) is 0.254. The molecule has 0 spiro atoms. The molecule has 0 aliphatic rings. The molecule has 0 bridgehead atoms. The first-order chi connectivity index (χ1) is 7.56. The van der Waals surface area contributed by atoms with E-state index < -0.39 is 0 Å². The summed E-state index contributed by atoms with van der Waals surface area (Å²) in [6.07, 6.45) is 2.72. The quantitative estimate of drug-likeness (QED) is 0.726. The molecule has 0 radical (unpaired) electrons. The Labute approximate surface area is 114 Å². The van der Waals surface area contributed by atoms with Crippen molar-refractivity contribution in [3.8, 4) is 5.75 Å². The largest absolute Gasteiger partial charge is 0.507 e. The molecule has 0 aliphatic heterocycles. The highest BCUT2D eigenvalue weighted by Crippen LogP contribution is 2.31. The van der Waals surface area contributed by atoms with E-state index in [0.717, 1.165) is 30.4 Å². The zero-order valence-electron chi connectivity index (χ0n) is 9.95. The molecule has 1 rings (SSSR count). The van der Waals surface area contributed by atoms with Gasteiger partial charge in [0, 0.05) is 16.6 Å². The van der Waals surface area contributed by atoms with E-state index in [4.69, 9.17) is 23.1 Å². The number of halogens is 2. The lowest BCUT2D eigenvalue weighted by molar-refractivity contribution is 0.452. The smallest absolute Gasteiger partial charge is 0.123 e. The topological polar surface area (TPSA) is 72.3 Å². The summed E-state index contributed by atoms with van der Waals surface area (Å²) in [6, 6.07) is 3.29. The Hall–Kier alpha value is -0.480. The molecule has 1 atom stereocenters. The van der Waals surface area contributed by atoms with Crippen molar-refractivity contribution in [1.29, 1.82) is 0 Å². The number of rotatable bonds is 5. The van der Waals surface area contributed by atoms with Crippen molar-refractivity contribution in [2.24, 2.45) is 11.5 Å². The SMILES string of the molecule is Cc1cc(Cl)cc([C@@H](N)CCCCN)c1O.Cl. The first-order valence-electron chi connectivity index (χ1n) is 5.51. The molecule has 0 saturated carbocycles. The summed E-state index contributed by atoms with van der Waals surface area (Å²) in [5.41, 5.74) is 12.9. The highest BCUT2D eigenvalue weighted by molar-refractivity contribution is 6.30. The monoisotopic (exact) mass is 278 g/mol. The van der Waals surface area contributed by atoms with E-state index in [0.29, 0.717) is 11.6 Å². The minimum atomic E-state index is -0.177. The van der Waals surface area contributed by atoms with E-state index in [-0.39, 0.29) is 24.2 Å². The first-order valence-corrected chi connectivity index (χ1v) is 5.88. The van der Waals surface area contributed by atoms with Gasteiger partial charge in [-0.2, -0.15) is 0 Å². The third kappa shape index (κ3) is 4.72. The van der Waals surface area contributed by atoms with Crippen LogP contribution in [0.2, 0.25) is 5.02 Å². The lowest BCUT2D eigenvalue weighted by Crippen LogP contribution is -2.11. The maximum absolute atomic E-state index is 9.89. The van der Waals surface area contributed by atoms with Gasteiger partial charge >= 0.3 is 0 Å². The van der Waals surface area contributed by atoms with E-state index in [9.17, 15) is 5.11 Å². The van der Waals surface area contributed by atoms with Gasteiger partial charge in [-0.1, -0.05) is 18.0 Å². The van der Waals surface area contributed by atoms with Crippen molar-refractivity contribution in [3.05, 3.63) is 28.3 Å². The van der Waals surface area contributed by atoms with Crippen LogP contribution in [0, 0.1) is 6.92 Å². The van der Waals surface area contributed by atoms with Gasteiger partial charge in [-0.15, -0.1) is 12.4 Å². The number of hydrogen-bond donors (Lipinski definition) is 3. The second-order valence-corrected chi connectivity index (χ2v) is 4.49. The molecule has 0 fully saturated rings. The molecule has 0 unspecified atom stereocenters. The lowest BCUT2D eigenvalue weighted by Gasteiger charge is -2.15. The normalized spacial score (nSPS) is 12.0. The van der Waals surface area contributed by atoms with E-state index in [1.54, 1.807) is 12.1 Å². The van der Waals surface area contributed by atoms with Gasteiger partial charge in [0.1, 0.15) is 5.75 Å². The van der Waals surface area contributed by atoms with Crippen LogP contribution in [0.3, 0.4) is 0 Å². The van der Waals surface area contributed by atoms with E-state index in [1.807, 2.05) is 6.92 Å². The number of aryl methyl sites for hydroxylation is 1. The molecular weight excluding hydrogens is 259 g/mol. The minimum Gasteiger partial charge on any atom is -0.507 e. The van der Waals surface area contributed by atoms with Crippen molar-refractivity contribution < 1.29 is 5.11 Å². The second kappa shape index (κ2) is 7.77. The third-order valence-electron chi connectivity index (χ3n) is 2.66. The minimum absolute atomic E-state index is 0. The van der Waals surface area contributed by atoms with Gasteiger partial charge in [-0.05, 0) is 44.0 Å². The number of benzene rings is 1. The molecule has 98 valence electrons. The van der Waals surface area contributed by atoms with Gasteiger partial charge in [0.15, 0.2) is 0 Å². The molecule has 5 N–H and O–H groups in total. The van der Waals surface area contributed by atoms with Gasteiger partial charge in [-0.3, -0.25) is 0 Å². The molecule has 0 saturated heterocycles. The maximum Gasteiger partial charge on any atom is 0.123 e. The Kier molecular flexibility index (Phi) is 7.55. The summed E-state index contributed by atoms with van der Waals surface area (Å²) < 4.78 is 0. The number of phenols is 1. The maximum atomic E-state index is 9.89. The Morgan fingerprint density at radius 3 is 2.59 bits per heavy atom. The summed E-state index contributed by atoms with van der Waals surface area (Å²) in [7, 11) is 0. The van der Waals surface area contributed by atoms with Gasteiger partial charge < -0.3 is 16.6 Å². The summed E-state index contributed by atoms with van der Waals surface area (Å²) in [5, 5.41) is 10.5. The van der Waals surface area contributed by atoms with Crippen molar-refractivity contribution in [2.45, 2.75) is 32.2 Å². The van der Waals surface area contributed by atoms with Crippen LogP contribution >= 0.6 is 24.0 Å². The molecule has 0 aromatic heterocycles. The standard InChI is InChI=1S/C12H19ClN2O.ClH/c1-8-6-9(13)7-10(12(8)16)11(15)4-2-3-5-14;/h6-7,11,16H,2-5,14-15H2,1H3;1H/t11-;/m0./s1. The molecule has 17 heavy (non-hydrogen) atoms. The van der Waals surface area contributed by atoms with Crippen molar-refractivity contribution in [1.82, 2.24) is 0 Å². The van der Waals surface area contributed by atoms with Crippen LogP contribution in [0.15, 0.2) is 12.1 Å². The van der Waals surface area contributed by atoms with Gasteiger partial charge in [-0.25, -0.2) is 0 Å². The lowest BCUT2D eigenvalue weighted by atomic mass is 9.99. The molecule has 0 aliphatic carbocycles. The van der Waals surface area contributed by atoms with Crippen molar-refractivity contribution in [3.63, 3.8) is 0 Å². The van der Waals surface area contributed by atoms with Crippen LogP contribution in [0.25, 0.3) is 0 Å². The van der Waals surface area contributed by atoms with Crippen LogP contribution in [-0.2, 0) is 0 Å². The Bertz CT molecular complexity index is 359. The number of hydrogen-bond acceptors (Lipinski definition) is 3. The summed E-state index contributed by atoms with van der Waals surface area (Å²) >= 11 is 5.94. The van der Waals surface area contributed by atoms with Crippen LogP contribution in [0.4, 0.5) is 0 Å². The van der Waals surface area contributed by atoms with Gasteiger partial charge in [0.2, 0.25) is 0 Å². The predicted molar refractivity (Wildman–Crippen MR) is 74.9 cm³/mol. The highest BCUT2D eigenvalue weighted by atomic mass is 35.5. The number of phenolic OH excluding ortho intramolecular Hbond substituents is 1. The summed E-state index contributed by atoms with van der Waals surface area (Å²) in [6.45, 7) is 2.49. The van der Waals surface area contributed by atoms with Crippen LogP contribution < -0.4 is 11.5 Å². The molecule has 1 aromatic carbocycles. The summed E-state index contributed by atoms with van der Waals surface area (Å²) in [4.78, 5) is 0. The number of unbranched alkanes of at least 4 members (excludes halogenated alkanes) is 1. The van der Waals surface area contributed by atoms with Crippen LogP contribution in [0.5, 0.6) is 5.75 Å². The second-order valence-electron chi connectivity index (χ2n) is 4.05. The molecule has 0 amide bonds. The molecule has 0 heterocycles. The Morgan fingerprint density at radius 2 is 2.00 bits per heavy atom. The average molecular weight is 279 g/mol. The van der Waals surface area contributed by atoms with E-state index >= 15 is 0 Å². The van der Waals surface area contributed by atoms with Gasteiger partial charge in [0.25, 0.3) is 0 Å². The molecule has 5 heteroatoms. The first kappa shape index (κ1) is 16.5. The van der Waals surface area contributed by atoms with Crippen molar-refractivity contribution >= 4 is 24.0 Å². The molecule has 3 nitrogen and oxygen atoms in total. The highest BCUT2D eigenvalue weighted by Gasteiger charge is 2.13. The predicted octanol–water partition coefficient (Wildman–Crippen LogP) is 2.90. The van der Waals surface area contributed by atoms with E-state index in [1.165, 1.54) is 0 Å². The fourth-order valence-corrected chi connectivity index (χ4v) is 1.99. The number of nitrogens with two attached hydrogens (primary N) is 2. The van der Waals surface area contributed by atoms with Crippen molar-refractivity contribution in [2.75, 3.05) is 6.54 Å². The third-order valence-corrected chi connectivity index (χ3v) is 2.88.